The standard InChI is InChI=1S/C24H18BrNO6S/c25-18-8-11-20-21(12-18)24(29)26(23(20)28)13-22(27)32-14-16-6-9-19(10-7-16)33(30,31)15-17-4-2-1-3-5-17/h1-12H,13-15H2. The Balaban J connectivity index is 1.35. The van der Waals surface area contributed by atoms with Gasteiger partial charge in [0.05, 0.1) is 21.8 Å². The molecule has 1 heterocycles. The molecule has 1 aliphatic rings. The molecule has 0 unspecified atom stereocenters. The van der Waals surface area contributed by atoms with Gasteiger partial charge in [-0.1, -0.05) is 58.4 Å². The molecule has 0 N–H and O–H groups in total. The molecule has 0 saturated heterocycles. The van der Waals surface area contributed by atoms with Gasteiger partial charge in [-0.3, -0.25) is 19.3 Å². The van der Waals surface area contributed by atoms with Gasteiger partial charge in [0.15, 0.2) is 9.84 Å². The average Bonchev–Trinajstić information content (AvgIpc) is 3.02. The topological polar surface area (TPSA) is 97.8 Å². The van der Waals surface area contributed by atoms with Crippen LogP contribution in [0.1, 0.15) is 31.8 Å². The number of amides is 2. The molecular weight excluding hydrogens is 510 g/mol. The first-order chi connectivity index (χ1) is 15.7. The number of rotatable bonds is 7. The summed E-state index contributed by atoms with van der Waals surface area (Å²) in [6, 6.07) is 19.6. The number of sulfone groups is 1. The third-order valence-corrected chi connectivity index (χ3v) is 7.30. The lowest BCUT2D eigenvalue weighted by Gasteiger charge is -2.13. The van der Waals surface area contributed by atoms with Gasteiger partial charge in [-0.25, -0.2) is 8.42 Å². The molecule has 2 amide bonds. The number of esters is 1. The second-order valence-corrected chi connectivity index (χ2v) is 10.3. The molecule has 168 valence electrons. The average molecular weight is 528 g/mol. The molecule has 1 aliphatic heterocycles. The van der Waals surface area contributed by atoms with Crippen molar-refractivity contribution in [1.82, 2.24) is 4.90 Å². The number of hydrogen-bond acceptors (Lipinski definition) is 6. The highest BCUT2D eigenvalue weighted by Gasteiger charge is 2.37. The summed E-state index contributed by atoms with van der Waals surface area (Å²) in [6.45, 7) is -0.625. The zero-order valence-corrected chi connectivity index (χ0v) is 19.6. The Hall–Kier alpha value is -3.30. The third kappa shape index (κ3) is 5.04. The first-order valence-corrected chi connectivity index (χ1v) is 12.4. The summed E-state index contributed by atoms with van der Waals surface area (Å²) < 4.78 is 31.0. The smallest absolute Gasteiger partial charge is 0.326 e. The van der Waals surface area contributed by atoms with Gasteiger partial charge in [0.1, 0.15) is 13.2 Å². The van der Waals surface area contributed by atoms with Gasteiger partial charge in [0.25, 0.3) is 11.8 Å². The first-order valence-electron chi connectivity index (χ1n) is 9.91. The van der Waals surface area contributed by atoms with Gasteiger partial charge in [-0.05, 0) is 41.5 Å². The summed E-state index contributed by atoms with van der Waals surface area (Å²) in [7, 11) is -3.51. The summed E-state index contributed by atoms with van der Waals surface area (Å²) in [5.74, 6) is -1.96. The molecular formula is C24H18BrNO6S. The Bertz CT molecular complexity index is 1340. The Morgan fingerprint density at radius 1 is 0.848 bits per heavy atom. The fourth-order valence-corrected chi connectivity index (χ4v) is 5.12. The number of imide groups is 1. The molecule has 7 nitrogen and oxygen atoms in total. The van der Waals surface area contributed by atoms with Gasteiger partial charge >= 0.3 is 5.97 Å². The van der Waals surface area contributed by atoms with Crippen LogP contribution in [0.5, 0.6) is 0 Å². The predicted octanol–water partition coefficient (Wildman–Crippen LogP) is 3.76. The summed E-state index contributed by atoms with van der Waals surface area (Å²) in [5.41, 5.74) is 1.74. The summed E-state index contributed by atoms with van der Waals surface area (Å²) in [4.78, 5) is 38.1. The van der Waals surface area contributed by atoms with Crippen molar-refractivity contribution in [3.63, 3.8) is 0 Å². The fourth-order valence-electron chi connectivity index (χ4n) is 3.42. The lowest BCUT2D eigenvalue weighted by molar-refractivity contribution is -0.145. The minimum absolute atomic E-state index is 0.112. The zero-order chi connectivity index (χ0) is 23.6. The minimum Gasteiger partial charge on any atom is -0.459 e. The van der Waals surface area contributed by atoms with Crippen molar-refractivity contribution in [3.8, 4) is 0 Å². The molecule has 0 spiro atoms. The second-order valence-electron chi connectivity index (χ2n) is 7.44. The van der Waals surface area contributed by atoms with Crippen LogP contribution < -0.4 is 0 Å². The fraction of sp³-hybridized carbons (Fsp3) is 0.125. The Kier molecular flexibility index (Phi) is 6.44. The van der Waals surface area contributed by atoms with Crippen LogP contribution in [-0.2, 0) is 31.7 Å². The number of ether oxygens (including phenoxy) is 1. The molecule has 0 saturated carbocycles. The van der Waals surface area contributed by atoms with Gasteiger partial charge in [0, 0.05) is 4.47 Å². The monoisotopic (exact) mass is 527 g/mol. The number of hydrogen-bond donors (Lipinski definition) is 0. The highest BCUT2D eigenvalue weighted by atomic mass is 79.9. The van der Waals surface area contributed by atoms with E-state index in [-0.39, 0.29) is 28.4 Å². The largest absolute Gasteiger partial charge is 0.459 e. The van der Waals surface area contributed by atoms with E-state index in [1.165, 1.54) is 24.3 Å². The molecule has 33 heavy (non-hydrogen) atoms. The number of carbonyl (C=O) groups is 3. The van der Waals surface area contributed by atoms with Gasteiger partial charge in [-0.15, -0.1) is 0 Å². The highest BCUT2D eigenvalue weighted by Crippen LogP contribution is 2.26. The Labute approximate surface area is 199 Å². The third-order valence-electron chi connectivity index (χ3n) is 5.10. The van der Waals surface area contributed by atoms with Gasteiger partial charge in [-0.2, -0.15) is 0 Å². The van der Waals surface area contributed by atoms with Crippen LogP contribution in [0.25, 0.3) is 0 Å². The molecule has 0 atom stereocenters. The van der Waals surface area contributed by atoms with E-state index in [0.29, 0.717) is 15.6 Å². The number of fused-ring (bicyclic) bond motifs is 1. The minimum atomic E-state index is -3.51. The Morgan fingerprint density at radius 2 is 1.52 bits per heavy atom. The number of carbonyl (C=O) groups excluding carboxylic acids is 3. The van der Waals surface area contributed by atoms with Crippen LogP contribution in [0.15, 0.2) is 82.2 Å². The maximum absolute atomic E-state index is 12.6. The molecule has 0 aromatic heterocycles. The van der Waals surface area contributed by atoms with Crippen molar-refractivity contribution >= 4 is 43.6 Å². The predicted molar refractivity (Wildman–Crippen MR) is 123 cm³/mol. The number of benzene rings is 3. The van der Waals surface area contributed by atoms with E-state index in [0.717, 1.165) is 4.90 Å². The summed E-state index contributed by atoms with van der Waals surface area (Å²) >= 11 is 3.26. The van der Waals surface area contributed by atoms with Crippen molar-refractivity contribution in [3.05, 3.63) is 99.5 Å². The van der Waals surface area contributed by atoms with E-state index >= 15 is 0 Å². The van der Waals surface area contributed by atoms with Crippen LogP contribution in [0.2, 0.25) is 0 Å². The SMILES string of the molecule is O=C(CN1C(=O)c2ccc(Br)cc2C1=O)OCc1ccc(S(=O)(=O)Cc2ccccc2)cc1. The van der Waals surface area contributed by atoms with E-state index in [1.807, 2.05) is 6.07 Å². The van der Waals surface area contributed by atoms with Crippen LogP contribution in [0.4, 0.5) is 0 Å². The zero-order valence-electron chi connectivity index (χ0n) is 17.2. The van der Waals surface area contributed by atoms with Crippen molar-refractivity contribution in [2.24, 2.45) is 0 Å². The number of nitrogens with zero attached hydrogens (tertiary/aromatic N) is 1. The maximum Gasteiger partial charge on any atom is 0.326 e. The highest BCUT2D eigenvalue weighted by molar-refractivity contribution is 9.10. The van der Waals surface area contributed by atoms with E-state index in [9.17, 15) is 22.8 Å². The van der Waals surface area contributed by atoms with Crippen molar-refractivity contribution < 1.29 is 27.5 Å². The molecule has 3 aromatic carbocycles. The van der Waals surface area contributed by atoms with E-state index in [2.05, 4.69) is 15.9 Å². The second kappa shape index (κ2) is 9.29. The van der Waals surface area contributed by atoms with E-state index in [4.69, 9.17) is 4.74 Å². The van der Waals surface area contributed by atoms with Crippen molar-refractivity contribution in [2.45, 2.75) is 17.3 Å². The Morgan fingerprint density at radius 3 is 2.21 bits per heavy atom. The lowest BCUT2D eigenvalue weighted by atomic mass is 10.1. The summed E-state index contributed by atoms with van der Waals surface area (Å²) in [5, 5.41) is 0. The van der Waals surface area contributed by atoms with E-state index < -0.39 is 34.2 Å². The number of halogens is 1. The van der Waals surface area contributed by atoms with Crippen molar-refractivity contribution in [1.29, 1.82) is 0 Å². The van der Waals surface area contributed by atoms with Crippen LogP contribution in [0, 0.1) is 0 Å². The molecule has 0 fully saturated rings. The quantitative estimate of drug-likeness (QED) is 0.342. The lowest BCUT2D eigenvalue weighted by Crippen LogP contribution is -2.35. The molecule has 0 aliphatic carbocycles. The molecule has 4 rings (SSSR count). The summed E-state index contributed by atoms with van der Waals surface area (Å²) in [6.07, 6.45) is 0. The van der Waals surface area contributed by atoms with E-state index in [1.54, 1.807) is 42.5 Å². The van der Waals surface area contributed by atoms with Crippen molar-refractivity contribution in [2.75, 3.05) is 6.54 Å². The van der Waals surface area contributed by atoms with Crippen LogP contribution in [0.3, 0.4) is 0 Å². The molecule has 3 aromatic rings. The van der Waals surface area contributed by atoms with Crippen LogP contribution >= 0.6 is 15.9 Å². The maximum atomic E-state index is 12.6. The van der Waals surface area contributed by atoms with Gasteiger partial charge in [0.2, 0.25) is 0 Å². The normalized spacial score (nSPS) is 13.2. The van der Waals surface area contributed by atoms with Gasteiger partial charge < -0.3 is 4.74 Å². The molecule has 0 radical (unpaired) electrons. The first kappa shape index (κ1) is 22.9. The molecule has 0 bridgehead atoms. The van der Waals surface area contributed by atoms with Crippen LogP contribution in [-0.4, -0.2) is 37.6 Å². The molecule has 9 heteroatoms.